The summed E-state index contributed by atoms with van der Waals surface area (Å²) in [6.45, 7) is 2.09. The highest BCUT2D eigenvalue weighted by atomic mass is 35.5. The summed E-state index contributed by atoms with van der Waals surface area (Å²) in [5, 5.41) is 2.90. The standard InChI is InChI=1S/C19H22ClN5S/c1-26-17-8-4-5-13(17)14-9-23(16-7-3-2-6-15(16)20)10-18-24(19(14)26)12-22-25(18)11-21/h2-4,6-9,18,22H,5,10-12,21H2,1H3. The van der Waals surface area contributed by atoms with Crippen molar-refractivity contribution < 1.29 is 0 Å². The quantitative estimate of drug-likeness (QED) is 0.764. The lowest BCUT2D eigenvalue weighted by molar-refractivity contribution is 0.162. The maximum atomic E-state index is 6.54. The lowest BCUT2D eigenvalue weighted by Crippen LogP contribution is -2.49. The van der Waals surface area contributed by atoms with Gasteiger partial charge in [-0.05, 0) is 30.4 Å². The van der Waals surface area contributed by atoms with Gasteiger partial charge in [-0.15, -0.1) is 10.5 Å². The number of para-hydroxylation sites is 1. The number of benzene rings is 1. The molecule has 0 spiro atoms. The van der Waals surface area contributed by atoms with Crippen molar-refractivity contribution in [3.05, 3.63) is 63.7 Å². The largest absolute Gasteiger partial charge is 0.343 e. The van der Waals surface area contributed by atoms with Crippen molar-refractivity contribution in [2.24, 2.45) is 5.73 Å². The molecule has 0 radical (unpaired) electrons. The molecule has 4 aliphatic rings. The summed E-state index contributed by atoms with van der Waals surface area (Å²) >= 11 is 6.54. The van der Waals surface area contributed by atoms with Crippen LogP contribution in [0.1, 0.15) is 6.42 Å². The van der Waals surface area contributed by atoms with Crippen LogP contribution in [0.4, 0.5) is 5.69 Å². The van der Waals surface area contributed by atoms with Crippen LogP contribution in [-0.4, -0.2) is 47.2 Å². The van der Waals surface area contributed by atoms with E-state index >= 15 is 0 Å². The number of anilines is 1. The van der Waals surface area contributed by atoms with E-state index in [-0.39, 0.29) is 16.6 Å². The van der Waals surface area contributed by atoms with Crippen LogP contribution in [0.5, 0.6) is 0 Å². The number of halogens is 1. The van der Waals surface area contributed by atoms with Gasteiger partial charge in [-0.2, -0.15) is 0 Å². The van der Waals surface area contributed by atoms with Crippen LogP contribution in [0, 0.1) is 0 Å². The zero-order valence-corrected chi connectivity index (χ0v) is 16.2. The zero-order chi connectivity index (χ0) is 17.8. The molecule has 0 aromatic heterocycles. The Bertz CT molecular complexity index is 903. The van der Waals surface area contributed by atoms with Crippen molar-refractivity contribution in [2.75, 3.05) is 31.0 Å². The Balaban J connectivity index is 1.67. The first-order valence-electron chi connectivity index (χ1n) is 8.82. The molecule has 2 atom stereocenters. The highest BCUT2D eigenvalue weighted by molar-refractivity contribution is 8.19. The van der Waals surface area contributed by atoms with Gasteiger partial charge in [0.05, 0.1) is 35.6 Å². The maximum Gasteiger partial charge on any atom is 0.101 e. The first-order chi connectivity index (χ1) is 12.7. The van der Waals surface area contributed by atoms with Gasteiger partial charge in [-0.25, -0.2) is 15.3 Å². The van der Waals surface area contributed by atoms with E-state index in [0.717, 1.165) is 30.3 Å². The highest BCUT2D eigenvalue weighted by Crippen LogP contribution is 2.47. The molecular weight excluding hydrogens is 366 g/mol. The second-order valence-electron chi connectivity index (χ2n) is 6.83. The second kappa shape index (κ2) is 6.34. The molecule has 5 rings (SSSR count). The summed E-state index contributed by atoms with van der Waals surface area (Å²) in [5.74, 6) is 0. The summed E-state index contributed by atoms with van der Waals surface area (Å²) in [6.07, 6.45) is 10.4. The Kier molecular flexibility index (Phi) is 4.08. The number of nitrogens with one attached hydrogen (secondary N) is 1. The van der Waals surface area contributed by atoms with Crippen molar-refractivity contribution in [2.45, 2.75) is 12.6 Å². The minimum absolute atomic E-state index is 0.0899. The molecule has 0 amide bonds. The molecule has 1 fully saturated rings. The number of fused-ring (bicyclic) bond motifs is 4. The minimum Gasteiger partial charge on any atom is -0.343 e. The summed E-state index contributed by atoms with van der Waals surface area (Å²) in [4.78, 5) is 7.70. The molecular formula is C19H22ClN5S. The third-order valence-corrected chi connectivity index (χ3v) is 7.89. The van der Waals surface area contributed by atoms with Gasteiger partial charge in [0.15, 0.2) is 0 Å². The zero-order valence-electron chi connectivity index (χ0n) is 14.7. The average molecular weight is 388 g/mol. The van der Waals surface area contributed by atoms with Crippen molar-refractivity contribution >= 4 is 32.8 Å². The van der Waals surface area contributed by atoms with Gasteiger partial charge in [0.25, 0.3) is 0 Å². The van der Waals surface area contributed by atoms with Crippen LogP contribution < -0.4 is 16.1 Å². The van der Waals surface area contributed by atoms with Crippen LogP contribution in [0.15, 0.2) is 58.7 Å². The number of hydrogen-bond acceptors (Lipinski definition) is 5. The number of rotatable bonds is 2. The minimum atomic E-state index is 0.0899. The summed E-state index contributed by atoms with van der Waals surface area (Å²) in [6, 6.07) is 8.07. The van der Waals surface area contributed by atoms with E-state index in [4.69, 9.17) is 17.3 Å². The molecule has 5 nitrogen and oxygen atoms in total. The van der Waals surface area contributed by atoms with Crippen LogP contribution in [-0.2, 0) is 0 Å². The summed E-state index contributed by atoms with van der Waals surface area (Å²) in [7, 11) is 0.0899. The smallest absolute Gasteiger partial charge is 0.101 e. The predicted octanol–water partition coefficient (Wildman–Crippen LogP) is 2.62. The summed E-state index contributed by atoms with van der Waals surface area (Å²) < 4.78 is 0. The van der Waals surface area contributed by atoms with E-state index in [0.29, 0.717) is 6.67 Å². The van der Waals surface area contributed by atoms with E-state index in [1.54, 1.807) is 0 Å². The lowest BCUT2D eigenvalue weighted by Gasteiger charge is -2.31. The van der Waals surface area contributed by atoms with Crippen LogP contribution in [0.2, 0.25) is 5.02 Å². The van der Waals surface area contributed by atoms with Gasteiger partial charge in [-0.3, -0.25) is 0 Å². The monoisotopic (exact) mass is 387 g/mol. The topological polar surface area (TPSA) is 47.8 Å². The number of allylic oxidation sites excluding steroid dienone is 2. The molecule has 136 valence electrons. The fraction of sp³-hybridized carbons (Fsp3) is 0.316. The van der Waals surface area contributed by atoms with Gasteiger partial charge in [0.1, 0.15) is 6.17 Å². The Labute approximate surface area is 161 Å². The van der Waals surface area contributed by atoms with E-state index in [9.17, 15) is 0 Å². The molecule has 3 aliphatic heterocycles. The Morgan fingerprint density at radius 2 is 2.19 bits per heavy atom. The van der Waals surface area contributed by atoms with E-state index in [1.165, 1.54) is 21.0 Å². The molecule has 0 bridgehead atoms. The van der Waals surface area contributed by atoms with Gasteiger partial charge in [0, 0.05) is 16.7 Å². The average Bonchev–Trinajstić information content (AvgIpc) is 3.30. The highest BCUT2D eigenvalue weighted by Gasteiger charge is 2.42. The van der Waals surface area contributed by atoms with Gasteiger partial charge in [0.2, 0.25) is 0 Å². The van der Waals surface area contributed by atoms with Gasteiger partial charge >= 0.3 is 0 Å². The van der Waals surface area contributed by atoms with E-state index in [1.807, 2.05) is 18.2 Å². The Hall–Kier alpha value is -1.41. The molecule has 1 aromatic carbocycles. The first kappa shape index (κ1) is 16.7. The SMILES string of the molecule is CS1=C2C(=CN(c3ccccc3Cl)CC3N(CN)NCN23)C2=C1C=CC2. The number of hydrazine groups is 1. The Morgan fingerprint density at radius 3 is 3.00 bits per heavy atom. The molecule has 26 heavy (non-hydrogen) atoms. The molecule has 7 heteroatoms. The van der Waals surface area contributed by atoms with Gasteiger partial charge < -0.3 is 10.6 Å². The molecule has 3 heterocycles. The normalized spacial score (nSPS) is 28.3. The molecule has 3 N–H and O–H groups in total. The van der Waals surface area contributed by atoms with Crippen molar-refractivity contribution in [1.29, 1.82) is 0 Å². The van der Waals surface area contributed by atoms with E-state index in [2.05, 4.69) is 50.9 Å². The Morgan fingerprint density at radius 1 is 1.35 bits per heavy atom. The number of nitrogens with two attached hydrogens (primary N) is 1. The lowest BCUT2D eigenvalue weighted by atomic mass is 10.1. The third kappa shape index (κ3) is 2.37. The second-order valence-corrected chi connectivity index (χ2v) is 9.08. The molecule has 1 saturated heterocycles. The third-order valence-electron chi connectivity index (χ3n) is 5.49. The van der Waals surface area contributed by atoms with Crippen LogP contribution in [0.25, 0.3) is 0 Å². The molecule has 2 unspecified atom stereocenters. The van der Waals surface area contributed by atoms with Crippen molar-refractivity contribution in [3.8, 4) is 0 Å². The first-order valence-corrected chi connectivity index (χ1v) is 10.8. The van der Waals surface area contributed by atoms with Crippen molar-refractivity contribution in [1.82, 2.24) is 15.3 Å². The van der Waals surface area contributed by atoms with Gasteiger partial charge in [-0.1, -0.05) is 35.9 Å². The molecule has 1 aliphatic carbocycles. The maximum absolute atomic E-state index is 6.54. The fourth-order valence-electron chi connectivity index (χ4n) is 4.25. The van der Waals surface area contributed by atoms with Crippen LogP contribution >= 0.6 is 22.1 Å². The fourth-order valence-corrected chi connectivity index (χ4v) is 6.61. The number of nitrogens with zero attached hydrogens (tertiary/aromatic N) is 3. The molecule has 0 saturated carbocycles. The number of hydrogen-bond donors (Lipinski definition) is 2. The molecule has 1 aromatic rings. The van der Waals surface area contributed by atoms with Crippen molar-refractivity contribution in [3.63, 3.8) is 0 Å². The van der Waals surface area contributed by atoms with E-state index < -0.39 is 0 Å². The predicted molar refractivity (Wildman–Crippen MR) is 111 cm³/mol. The van der Waals surface area contributed by atoms with Crippen LogP contribution in [0.3, 0.4) is 0 Å². The summed E-state index contributed by atoms with van der Waals surface area (Å²) in [5.41, 5.74) is 13.3.